The van der Waals surface area contributed by atoms with Gasteiger partial charge in [-0.25, -0.2) is 4.79 Å². The number of nitrogens with zero attached hydrogens (tertiary/aromatic N) is 3. The first-order valence-electron chi connectivity index (χ1n) is 8.27. The largest absolute Gasteiger partial charge is 0.336 e. The van der Waals surface area contributed by atoms with Crippen molar-refractivity contribution in [3.05, 3.63) is 29.6 Å². The van der Waals surface area contributed by atoms with Crippen LogP contribution in [0.5, 0.6) is 0 Å². The summed E-state index contributed by atoms with van der Waals surface area (Å²) in [6, 6.07) is 4.44. The second kappa shape index (κ2) is 8.13. The summed E-state index contributed by atoms with van der Waals surface area (Å²) in [7, 11) is 1.81. The zero-order chi connectivity index (χ0) is 15.9. The molecule has 1 aromatic rings. The Morgan fingerprint density at radius 1 is 1.41 bits per heavy atom. The molecular weight excluding hydrogens is 276 g/mol. The van der Waals surface area contributed by atoms with Crippen molar-refractivity contribution >= 4 is 6.03 Å². The van der Waals surface area contributed by atoms with Crippen LogP contribution in [0, 0.1) is 0 Å². The van der Waals surface area contributed by atoms with Gasteiger partial charge in [-0.1, -0.05) is 13.0 Å². The maximum absolute atomic E-state index is 12.2. The molecule has 22 heavy (non-hydrogen) atoms. The smallest absolute Gasteiger partial charge is 0.317 e. The van der Waals surface area contributed by atoms with E-state index in [0.717, 1.165) is 25.2 Å². The SMILES string of the molecule is CCc1ccc(CN(C)C(=O)NC[C@@H](C)N2CCCC2)nc1. The number of hydrogen-bond acceptors (Lipinski definition) is 3. The summed E-state index contributed by atoms with van der Waals surface area (Å²) in [5.74, 6) is 0. The number of pyridine rings is 1. The number of rotatable bonds is 6. The standard InChI is InChI=1S/C17H28N4O/c1-4-15-7-8-16(18-12-15)13-20(3)17(22)19-11-14(2)21-9-5-6-10-21/h7-8,12,14H,4-6,9-11,13H2,1-3H3,(H,19,22)/t14-/m1/s1. The Hall–Kier alpha value is -1.62. The van der Waals surface area contributed by atoms with Gasteiger partial charge in [-0.3, -0.25) is 9.88 Å². The third-order valence-corrected chi connectivity index (χ3v) is 4.35. The number of nitrogens with one attached hydrogen (secondary N) is 1. The van der Waals surface area contributed by atoms with E-state index in [1.165, 1.54) is 18.4 Å². The maximum atomic E-state index is 12.2. The Balaban J connectivity index is 1.75. The Morgan fingerprint density at radius 2 is 2.14 bits per heavy atom. The van der Waals surface area contributed by atoms with Crippen LogP contribution in [-0.2, 0) is 13.0 Å². The van der Waals surface area contributed by atoms with E-state index in [0.29, 0.717) is 19.1 Å². The van der Waals surface area contributed by atoms with Crippen molar-refractivity contribution in [2.24, 2.45) is 0 Å². The molecule has 0 aliphatic carbocycles. The molecule has 0 bridgehead atoms. The van der Waals surface area contributed by atoms with E-state index >= 15 is 0 Å². The van der Waals surface area contributed by atoms with Crippen LogP contribution in [-0.4, -0.2) is 53.5 Å². The fraction of sp³-hybridized carbons (Fsp3) is 0.647. The van der Waals surface area contributed by atoms with Crippen molar-refractivity contribution in [1.29, 1.82) is 0 Å². The van der Waals surface area contributed by atoms with Gasteiger partial charge in [-0.2, -0.15) is 0 Å². The molecule has 0 spiro atoms. The minimum absolute atomic E-state index is 0.0348. The predicted molar refractivity (Wildman–Crippen MR) is 88.7 cm³/mol. The van der Waals surface area contributed by atoms with Gasteiger partial charge in [-0.15, -0.1) is 0 Å². The summed E-state index contributed by atoms with van der Waals surface area (Å²) in [4.78, 5) is 20.7. The number of carbonyl (C=O) groups is 1. The Morgan fingerprint density at radius 3 is 2.73 bits per heavy atom. The van der Waals surface area contributed by atoms with E-state index < -0.39 is 0 Å². The second-order valence-corrected chi connectivity index (χ2v) is 6.15. The summed E-state index contributed by atoms with van der Waals surface area (Å²) in [6.07, 6.45) is 5.42. The number of hydrogen-bond donors (Lipinski definition) is 1. The van der Waals surface area contributed by atoms with Crippen molar-refractivity contribution in [1.82, 2.24) is 20.1 Å². The first-order chi connectivity index (χ1) is 10.6. The summed E-state index contributed by atoms with van der Waals surface area (Å²) in [6.45, 7) is 7.83. The third-order valence-electron chi connectivity index (χ3n) is 4.35. The molecule has 0 aromatic carbocycles. The zero-order valence-corrected chi connectivity index (χ0v) is 14.0. The van der Waals surface area contributed by atoms with Gasteiger partial charge in [-0.05, 0) is 50.9 Å². The first-order valence-corrected chi connectivity index (χ1v) is 8.27. The van der Waals surface area contributed by atoms with Crippen LogP contribution in [0.4, 0.5) is 4.79 Å². The van der Waals surface area contributed by atoms with Gasteiger partial charge in [0.25, 0.3) is 0 Å². The van der Waals surface area contributed by atoms with Crippen LogP contribution < -0.4 is 5.32 Å². The minimum atomic E-state index is -0.0348. The van der Waals surface area contributed by atoms with Crippen LogP contribution in [0.3, 0.4) is 0 Å². The molecule has 1 atom stereocenters. The van der Waals surface area contributed by atoms with E-state index in [1.807, 2.05) is 19.3 Å². The number of amides is 2. The summed E-state index contributed by atoms with van der Waals surface area (Å²) >= 11 is 0. The lowest BCUT2D eigenvalue weighted by atomic mass is 10.2. The number of carbonyl (C=O) groups excluding carboxylic acids is 1. The Bertz CT molecular complexity index is 468. The number of urea groups is 1. The van der Waals surface area contributed by atoms with Crippen LogP contribution in [0.2, 0.25) is 0 Å². The molecule has 1 aromatic heterocycles. The summed E-state index contributed by atoms with van der Waals surface area (Å²) in [5, 5.41) is 3.02. The Labute approximate surface area is 133 Å². The molecule has 1 N–H and O–H groups in total. The molecule has 5 heteroatoms. The monoisotopic (exact) mass is 304 g/mol. The average Bonchev–Trinajstić information content (AvgIpc) is 3.07. The van der Waals surface area contributed by atoms with Gasteiger partial charge in [0, 0.05) is 25.8 Å². The highest BCUT2D eigenvalue weighted by atomic mass is 16.2. The van der Waals surface area contributed by atoms with Crippen molar-refractivity contribution in [2.75, 3.05) is 26.7 Å². The maximum Gasteiger partial charge on any atom is 0.317 e. The zero-order valence-electron chi connectivity index (χ0n) is 14.0. The lowest BCUT2D eigenvalue weighted by Crippen LogP contribution is -2.44. The number of aryl methyl sites for hydroxylation is 1. The highest BCUT2D eigenvalue weighted by molar-refractivity contribution is 5.73. The molecule has 1 saturated heterocycles. The predicted octanol–water partition coefficient (Wildman–Crippen LogP) is 2.27. The number of aromatic nitrogens is 1. The van der Waals surface area contributed by atoms with Crippen LogP contribution >= 0.6 is 0 Å². The van der Waals surface area contributed by atoms with Crippen LogP contribution in [0.1, 0.15) is 37.9 Å². The van der Waals surface area contributed by atoms with Crippen LogP contribution in [0.25, 0.3) is 0 Å². The summed E-state index contributed by atoms with van der Waals surface area (Å²) in [5.41, 5.74) is 2.14. The fourth-order valence-electron chi connectivity index (χ4n) is 2.75. The molecule has 1 aliphatic heterocycles. The molecule has 5 nitrogen and oxygen atoms in total. The summed E-state index contributed by atoms with van der Waals surface area (Å²) < 4.78 is 0. The number of likely N-dealkylation sites (tertiary alicyclic amines) is 1. The van der Waals surface area contributed by atoms with Gasteiger partial charge in [0.15, 0.2) is 0 Å². The molecule has 122 valence electrons. The molecular formula is C17H28N4O. The van der Waals surface area contributed by atoms with Crippen molar-refractivity contribution < 1.29 is 4.79 Å². The van der Waals surface area contributed by atoms with Gasteiger partial charge >= 0.3 is 6.03 Å². The normalized spacial score (nSPS) is 16.5. The van der Waals surface area contributed by atoms with Gasteiger partial charge in [0.1, 0.15) is 0 Å². The van der Waals surface area contributed by atoms with E-state index in [-0.39, 0.29) is 6.03 Å². The first kappa shape index (κ1) is 16.7. The highest BCUT2D eigenvalue weighted by Gasteiger charge is 2.19. The molecule has 1 fully saturated rings. The second-order valence-electron chi connectivity index (χ2n) is 6.15. The topological polar surface area (TPSA) is 48.5 Å². The van der Waals surface area contributed by atoms with Gasteiger partial charge < -0.3 is 10.2 Å². The molecule has 2 heterocycles. The Kier molecular flexibility index (Phi) is 6.19. The lowest BCUT2D eigenvalue weighted by molar-refractivity contribution is 0.197. The lowest BCUT2D eigenvalue weighted by Gasteiger charge is -2.25. The highest BCUT2D eigenvalue weighted by Crippen LogP contribution is 2.11. The van der Waals surface area contributed by atoms with Crippen LogP contribution in [0.15, 0.2) is 18.3 Å². The molecule has 0 saturated carbocycles. The van der Waals surface area contributed by atoms with E-state index in [1.54, 1.807) is 4.90 Å². The third kappa shape index (κ3) is 4.70. The van der Waals surface area contributed by atoms with E-state index in [9.17, 15) is 4.79 Å². The molecule has 2 amide bonds. The van der Waals surface area contributed by atoms with E-state index in [2.05, 4.69) is 35.1 Å². The van der Waals surface area contributed by atoms with Gasteiger partial charge in [0.05, 0.1) is 12.2 Å². The molecule has 2 rings (SSSR count). The average molecular weight is 304 g/mol. The molecule has 0 radical (unpaired) electrons. The van der Waals surface area contributed by atoms with E-state index in [4.69, 9.17) is 0 Å². The van der Waals surface area contributed by atoms with Crippen molar-refractivity contribution in [3.63, 3.8) is 0 Å². The quantitative estimate of drug-likeness (QED) is 0.877. The van der Waals surface area contributed by atoms with Crippen molar-refractivity contribution in [2.45, 2.75) is 45.7 Å². The van der Waals surface area contributed by atoms with Crippen molar-refractivity contribution in [3.8, 4) is 0 Å². The molecule has 0 unspecified atom stereocenters. The minimum Gasteiger partial charge on any atom is -0.336 e. The fourth-order valence-corrected chi connectivity index (χ4v) is 2.75. The van der Waals surface area contributed by atoms with Gasteiger partial charge in [0.2, 0.25) is 0 Å². The molecule has 1 aliphatic rings.